The summed E-state index contributed by atoms with van der Waals surface area (Å²) in [7, 11) is 0. The molecule has 2 amide bonds. The molecule has 32 heavy (non-hydrogen) atoms. The highest BCUT2D eigenvalue weighted by Gasteiger charge is 2.33. The Morgan fingerprint density at radius 3 is 2.75 bits per heavy atom. The molecule has 3 rings (SSSR count). The number of rotatable bonds is 9. The van der Waals surface area contributed by atoms with E-state index < -0.39 is 11.9 Å². The number of hydrogen-bond acceptors (Lipinski definition) is 9. The number of nitrogens with one attached hydrogen (secondary N) is 2. The van der Waals surface area contributed by atoms with E-state index in [0.29, 0.717) is 41.5 Å². The molecular weight excluding hydrogens is 452 g/mol. The Morgan fingerprint density at radius 2 is 2.03 bits per heavy atom. The molecule has 2 aromatic heterocycles. The van der Waals surface area contributed by atoms with Crippen LogP contribution in [0.15, 0.2) is 5.38 Å². The molecule has 0 radical (unpaired) electrons. The van der Waals surface area contributed by atoms with E-state index in [9.17, 15) is 19.2 Å². The van der Waals surface area contributed by atoms with Gasteiger partial charge in [0.2, 0.25) is 11.8 Å². The van der Waals surface area contributed by atoms with Crippen molar-refractivity contribution in [3.63, 3.8) is 0 Å². The van der Waals surface area contributed by atoms with Gasteiger partial charge in [0.15, 0.2) is 16.6 Å². The van der Waals surface area contributed by atoms with E-state index in [4.69, 9.17) is 4.74 Å². The van der Waals surface area contributed by atoms with Crippen LogP contribution >= 0.6 is 22.7 Å². The van der Waals surface area contributed by atoms with Crippen molar-refractivity contribution in [2.45, 2.75) is 46.5 Å². The van der Waals surface area contributed by atoms with Crippen LogP contribution in [0, 0.1) is 11.8 Å². The van der Waals surface area contributed by atoms with Crippen molar-refractivity contribution in [2.24, 2.45) is 11.8 Å². The number of ketones is 1. The molecule has 0 unspecified atom stereocenters. The molecule has 2 N–H and O–H groups in total. The Bertz CT molecular complexity index is 1020. The first-order valence-corrected chi connectivity index (χ1v) is 12.2. The minimum Gasteiger partial charge on any atom is -0.461 e. The topological polar surface area (TPSA) is 127 Å². The zero-order chi connectivity index (χ0) is 23.3. The highest BCUT2D eigenvalue weighted by molar-refractivity contribution is 7.17. The van der Waals surface area contributed by atoms with E-state index in [2.05, 4.69) is 20.6 Å². The Kier molecular flexibility index (Phi) is 8.08. The first-order chi connectivity index (χ1) is 15.3. The lowest BCUT2D eigenvalue weighted by molar-refractivity contribution is -0.125. The van der Waals surface area contributed by atoms with Crippen molar-refractivity contribution in [3.8, 4) is 0 Å². The summed E-state index contributed by atoms with van der Waals surface area (Å²) in [5.41, 5.74) is 0.827. The molecule has 0 aromatic carbocycles. The summed E-state index contributed by atoms with van der Waals surface area (Å²) < 4.78 is 4.92. The van der Waals surface area contributed by atoms with Crippen LogP contribution in [0.1, 0.15) is 64.5 Å². The Labute approximate surface area is 194 Å². The van der Waals surface area contributed by atoms with E-state index in [0.717, 1.165) is 5.01 Å². The Balaban J connectivity index is 1.53. The standard InChI is InChI=1S/C21H26N4O5S2/c1-4-11(3)18(27)25-21-24-13-8-12(9-15(26)17(13)32-21)19(28)22-7-6-16-23-14(10-31-16)20(29)30-5-2/h10-12H,4-9H2,1-3H3,(H,22,28)(H,24,25,27)/t11-,12-/m0/s1. The van der Waals surface area contributed by atoms with Gasteiger partial charge in [-0.25, -0.2) is 14.8 Å². The molecule has 2 heterocycles. The van der Waals surface area contributed by atoms with Gasteiger partial charge in [0.05, 0.1) is 28.1 Å². The number of anilines is 1. The number of ether oxygens (including phenoxy) is 1. The van der Waals surface area contributed by atoms with Crippen molar-refractivity contribution in [1.29, 1.82) is 0 Å². The van der Waals surface area contributed by atoms with Crippen LogP contribution in [0.2, 0.25) is 0 Å². The van der Waals surface area contributed by atoms with Gasteiger partial charge in [0.25, 0.3) is 0 Å². The largest absolute Gasteiger partial charge is 0.461 e. The average Bonchev–Trinajstić information content (AvgIpc) is 3.40. The van der Waals surface area contributed by atoms with Gasteiger partial charge in [-0.3, -0.25) is 14.4 Å². The number of nitrogens with zero attached hydrogens (tertiary/aromatic N) is 2. The lowest BCUT2D eigenvalue weighted by Gasteiger charge is -2.19. The SMILES string of the molecule is CCOC(=O)c1csc(CCNC(=O)[C@@H]2CC(=O)c3sc(NC(=O)[C@@H](C)CC)nc3C2)n1. The van der Waals surface area contributed by atoms with Gasteiger partial charge in [0, 0.05) is 37.1 Å². The minimum atomic E-state index is -0.499. The van der Waals surface area contributed by atoms with Gasteiger partial charge < -0.3 is 15.4 Å². The minimum absolute atomic E-state index is 0.115. The van der Waals surface area contributed by atoms with Crippen molar-refractivity contribution in [3.05, 3.63) is 26.7 Å². The number of esters is 1. The predicted molar refractivity (Wildman–Crippen MR) is 121 cm³/mol. The van der Waals surface area contributed by atoms with Crippen LogP contribution in [-0.4, -0.2) is 46.7 Å². The maximum absolute atomic E-state index is 12.6. The molecule has 0 fully saturated rings. The van der Waals surface area contributed by atoms with Crippen molar-refractivity contribution < 1.29 is 23.9 Å². The summed E-state index contributed by atoms with van der Waals surface area (Å²) in [6.07, 6.45) is 1.66. The summed E-state index contributed by atoms with van der Waals surface area (Å²) in [5, 5.41) is 8.36. The smallest absolute Gasteiger partial charge is 0.357 e. The van der Waals surface area contributed by atoms with Crippen LogP contribution < -0.4 is 10.6 Å². The van der Waals surface area contributed by atoms with Crippen molar-refractivity contribution in [2.75, 3.05) is 18.5 Å². The monoisotopic (exact) mass is 478 g/mol. The second kappa shape index (κ2) is 10.8. The molecular formula is C21H26N4O5S2. The van der Waals surface area contributed by atoms with Crippen LogP contribution in [0.5, 0.6) is 0 Å². The summed E-state index contributed by atoms with van der Waals surface area (Å²) in [6, 6.07) is 0. The van der Waals surface area contributed by atoms with Crippen molar-refractivity contribution in [1.82, 2.24) is 15.3 Å². The number of fused-ring (bicyclic) bond motifs is 1. The number of carbonyl (C=O) groups excluding carboxylic acids is 4. The number of Topliss-reactive ketones (excluding diaryl/α,β-unsaturated/α-hetero) is 1. The maximum Gasteiger partial charge on any atom is 0.357 e. The molecule has 2 aromatic rings. The van der Waals surface area contributed by atoms with Crippen LogP contribution in [0.4, 0.5) is 5.13 Å². The number of aromatic nitrogens is 2. The molecule has 0 aliphatic heterocycles. The zero-order valence-electron chi connectivity index (χ0n) is 18.2. The quantitative estimate of drug-likeness (QED) is 0.531. The third-order valence-corrected chi connectivity index (χ3v) is 7.12. The van der Waals surface area contributed by atoms with E-state index in [1.165, 1.54) is 22.7 Å². The number of amides is 2. The normalized spacial score (nSPS) is 16.2. The lowest BCUT2D eigenvalue weighted by Crippen LogP contribution is -2.36. The molecule has 1 aliphatic rings. The molecule has 0 spiro atoms. The van der Waals surface area contributed by atoms with Gasteiger partial charge in [-0.05, 0) is 13.3 Å². The van der Waals surface area contributed by atoms with Gasteiger partial charge in [0.1, 0.15) is 0 Å². The first kappa shape index (κ1) is 24.0. The van der Waals surface area contributed by atoms with E-state index in [1.807, 2.05) is 13.8 Å². The summed E-state index contributed by atoms with van der Waals surface area (Å²) in [4.78, 5) is 58.0. The molecule has 11 heteroatoms. The number of carbonyl (C=O) groups is 4. The number of thiazole rings is 2. The number of hydrogen-bond donors (Lipinski definition) is 2. The van der Waals surface area contributed by atoms with Crippen molar-refractivity contribution >= 4 is 51.4 Å². The van der Waals surface area contributed by atoms with Crippen LogP contribution in [0.3, 0.4) is 0 Å². The van der Waals surface area contributed by atoms with E-state index in [-0.39, 0.29) is 42.2 Å². The van der Waals surface area contributed by atoms with Crippen LogP contribution in [-0.2, 0) is 27.2 Å². The molecule has 0 bridgehead atoms. The molecule has 1 aliphatic carbocycles. The fourth-order valence-corrected chi connectivity index (χ4v) is 4.86. The van der Waals surface area contributed by atoms with Gasteiger partial charge in [-0.15, -0.1) is 11.3 Å². The lowest BCUT2D eigenvalue weighted by atomic mass is 9.89. The van der Waals surface area contributed by atoms with Crippen LogP contribution in [0.25, 0.3) is 0 Å². The maximum atomic E-state index is 12.6. The highest BCUT2D eigenvalue weighted by atomic mass is 32.1. The second-order valence-electron chi connectivity index (χ2n) is 7.51. The molecule has 2 atom stereocenters. The summed E-state index contributed by atoms with van der Waals surface area (Å²) in [6.45, 7) is 6.12. The summed E-state index contributed by atoms with van der Waals surface area (Å²) in [5.74, 6) is -1.58. The molecule has 9 nitrogen and oxygen atoms in total. The molecule has 172 valence electrons. The first-order valence-electron chi connectivity index (χ1n) is 10.5. The average molecular weight is 479 g/mol. The fourth-order valence-electron chi connectivity index (χ4n) is 3.14. The van der Waals surface area contributed by atoms with E-state index in [1.54, 1.807) is 12.3 Å². The third-order valence-electron chi connectivity index (χ3n) is 5.16. The molecule has 0 saturated heterocycles. The Morgan fingerprint density at radius 1 is 1.25 bits per heavy atom. The molecule has 0 saturated carbocycles. The van der Waals surface area contributed by atoms with Gasteiger partial charge in [-0.2, -0.15) is 0 Å². The zero-order valence-corrected chi connectivity index (χ0v) is 19.9. The fraction of sp³-hybridized carbons (Fsp3) is 0.524. The Hall–Kier alpha value is -2.66. The summed E-state index contributed by atoms with van der Waals surface area (Å²) >= 11 is 2.50. The van der Waals surface area contributed by atoms with E-state index >= 15 is 0 Å². The van der Waals surface area contributed by atoms with Gasteiger partial charge >= 0.3 is 5.97 Å². The van der Waals surface area contributed by atoms with Gasteiger partial charge in [-0.1, -0.05) is 25.2 Å². The predicted octanol–water partition coefficient (Wildman–Crippen LogP) is 2.86. The second-order valence-corrected chi connectivity index (χ2v) is 9.45. The highest BCUT2D eigenvalue weighted by Crippen LogP contribution is 2.32. The third kappa shape index (κ3) is 5.77.